The molecular weight excluding hydrogens is 352 g/mol. The first-order chi connectivity index (χ1) is 8.81. The Morgan fingerprint density at radius 3 is 2.63 bits per heavy atom. The van der Waals surface area contributed by atoms with Crippen LogP contribution in [-0.2, 0) is 10.0 Å². The van der Waals surface area contributed by atoms with Gasteiger partial charge in [0.2, 0.25) is 10.0 Å². The molecule has 0 fully saturated rings. The van der Waals surface area contributed by atoms with Crippen LogP contribution in [0.25, 0.3) is 0 Å². The molecule has 0 aliphatic heterocycles. The minimum Gasteiger partial charge on any atom is -0.398 e. The van der Waals surface area contributed by atoms with Crippen molar-refractivity contribution in [1.82, 2.24) is 4.72 Å². The molecule has 1 rings (SSSR count). The van der Waals surface area contributed by atoms with E-state index in [1.807, 2.05) is 6.26 Å². The summed E-state index contributed by atoms with van der Waals surface area (Å²) in [4.78, 5) is 0.137. The van der Waals surface area contributed by atoms with E-state index >= 15 is 0 Å². The van der Waals surface area contributed by atoms with Gasteiger partial charge >= 0.3 is 0 Å². The zero-order valence-corrected chi connectivity index (χ0v) is 13.8. The number of benzene rings is 1. The lowest BCUT2D eigenvalue weighted by molar-refractivity contribution is 0.282. The number of aliphatic hydroxyl groups is 1. The van der Waals surface area contributed by atoms with Gasteiger partial charge in [0.25, 0.3) is 0 Å². The highest BCUT2D eigenvalue weighted by atomic mass is 79.9. The standard InChI is InChI=1S/C11H17BrN2O3S2/c1-7(11(6-15)18-2)14-19(16,17)8-3-4-10(13)9(12)5-8/h3-5,7,11,14-15H,6,13H2,1-2H3. The second-order valence-electron chi connectivity index (χ2n) is 4.05. The quantitative estimate of drug-likeness (QED) is 0.660. The summed E-state index contributed by atoms with van der Waals surface area (Å²) in [6.45, 7) is 1.64. The lowest BCUT2D eigenvalue weighted by atomic mass is 10.3. The molecule has 2 atom stereocenters. The Bertz CT molecular complexity index is 533. The largest absolute Gasteiger partial charge is 0.398 e. The van der Waals surface area contributed by atoms with Gasteiger partial charge in [-0.3, -0.25) is 0 Å². The van der Waals surface area contributed by atoms with Crippen LogP contribution >= 0.6 is 27.7 Å². The smallest absolute Gasteiger partial charge is 0.240 e. The van der Waals surface area contributed by atoms with E-state index in [9.17, 15) is 8.42 Å². The first-order valence-electron chi connectivity index (χ1n) is 5.53. The molecule has 5 nitrogen and oxygen atoms in total. The zero-order valence-electron chi connectivity index (χ0n) is 10.6. The van der Waals surface area contributed by atoms with Gasteiger partial charge < -0.3 is 10.8 Å². The van der Waals surface area contributed by atoms with Crippen LogP contribution in [0.5, 0.6) is 0 Å². The molecule has 2 unspecified atom stereocenters. The minimum absolute atomic E-state index is 0.0870. The van der Waals surface area contributed by atoms with Crippen LogP contribution in [-0.4, -0.2) is 37.7 Å². The molecule has 0 aromatic heterocycles. The van der Waals surface area contributed by atoms with Crippen LogP contribution in [0.2, 0.25) is 0 Å². The monoisotopic (exact) mass is 368 g/mol. The number of nitrogen functional groups attached to an aromatic ring is 1. The first-order valence-corrected chi connectivity index (χ1v) is 9.09. The van der Waals surface area contributed by atoms with E-state index in [1.165, 1.54) is 30.0 Å². The molecule has 0 saturated carbocycles. The van der Waals surface area contributed by atoms with Crippen LogP contribution < -0.4 is 10.5 Å². The molecule has 4 N–H and O–H groups in total. The van der Waals surface area contributed by atoms with Crippen molar-refractivity contribution in [2.75, 3.05) is 18.6 Å². The molecule has 0 amide bonds. The van der Waals surface area contributed by atoms with Gasteiger partial charge in [0.15, 0.2) is 0 Å². The molecule has 0 aliphatic carbocycles. The summed E-state index contributed by atoms with van der Waals surface area (Å²) >= 11 is 4.61. The number of nitrogens with one attached hydrogen (secondary N) is 1. The maximum absolute atomic E-state index is 12.2. The number of sulfonamides is 1. The third-order valence-electron chi connectivity index (χ3n) is 2.66. The normalized spacial score (nSPS) is 15.2. The van der Waals surface area contributed by atoms with Crippen molar-refractivity contribution in [2.24, 2.45) is 0 Å². The van der Waals surface area contributed by atoms with Crippen molar-refractivity contribution in [3.8, 4) is 0 Å². The highest BCUT2D eigenvalue weighted by Crippen LogP contribution is 2.23. The molecule has 0 aliphatic rings. The topological polar surface area (TPSA) is 92.4 Å². The minimum atomic E-state index is -3.62. The van der Waals surface area contributed by atoms with Crippen LogP contribution in [0.15, 0.2) is 27.6 Å². The van der Waals surface area contributed by atoms with Gasteiger partial charge in [-0.25, -0.2) is 13.1 Å². The Hall–Kier alpha value is -0.280. The van der Waals surface area contributed by atoms with E-state index in [1.54, 1.807) is 6.92 Å². The highest BCUT2D eigenvalue weighted by molar-refractivity contribution is 9.10. The Morgan fingerprint density at radius 1 is 1.53 bits per heavy atom. The molecule has 0 spiro atoms. The van der Waals surface area contributed by atoms with Gasteiger partial charge in [-0.1, -0.05) is 0 Å². The number of halogens is 1. The molecule has 1 aromatic rings. The fraction of sp³-hybridized carbons (Fsp3) is 0.455. The maximum atomic E-state index is 12.2. The summed E-state index contributed by atoms with van der Waals surface area (Å²) in [6.07, 6.45) is 1.82. The van der Waals surface area contributed by atoms with Gasteiger partial charge in [-0.05, 0) is 47.3 Å². The van der Waals surface area contributed by atoms with Crippen LogP contribution in [0, 0.1) is 0 Å². The van der Waals surface area contributed by atoms with E-state index in [0.29, 0.717) is 10.2 Å². The van der Waals surface area contributed by atoms with E-state index in [0.717, 1.165) is 0 Å². The third-order valence-corrected chi connectivity index (χ3v) is 6.07. The van der Waals surface area contributed by atoms with Crippen LogP contribution in [0.4, 0.5) is 5.69 Å². The summed E-state index contributed by atoms with van der Waals surface area (Å²) in [6, 6.07) is 4.06. The number of hydrogen-bond donors (Lipinski definition) is 3. The predicted octanol–water partition coefficient (Wildman–Crippen LogP) is 1.42. The van der Waals surface area contributed by atoms with Gasteiger partial charge in [0.1, 0.15) is 0 Å². The van der Waals surface area contributed by atoms with Crippen molar-refractivity contribution < 1.29 is 13.5 Å². The second-order valence-corrected chi connectivity index (χ2v) is 7.70. The molecule has 0 radical (unpaired) electrons. The van der Waals surface area contributed by atoms with Crippen LogP contribution in [0.1, 0.15) is 6.92 Å². The first kappa shape index (κ1) is 16.8. The van der Waals surface area contributed by atoms with Gasteiger partial charge in [0.05, 0.1) is 11.5 Å². The van der Waals surface area contributed by atoms with Gasteiger partial charge in [-0.2, -0.15) is 11.8 Å². The number of anilines is 1. The summed E-state index contributed by atoms with van der Waals surface area (Å²) < 4.78 is 27.4. The number of aliphatic hydroxyl groups excluding tert-OH is 1. The number of nitrogens with two attached hydrogens (primary N) is 1. The van der Waals surface area contributed by atoms with Crippen molar-refractivity contribution in [3.05, 3.63) is 22.7 Å². The molecule has 19 heavy (non-hydrogen) atoms. The lowest BCUT2D eigenvalue weighted by Gasteiger charge is -2.21. The second kappa shape index (κ2) is 6.94. The number of rotatable bonds is 6. The summed E-state index contributed by atoms with van der Waals surface area (Å²) in [5.41, 5.74) is 6.10. The van der Waals surface area contributed by atoms with Crippen molar-refractivity contribution in [3.63, 3.8) is 0 Å². The molecule has 0 bridgehead atoms. The average Bonchev–Trinajstić information content (AvgIpc) is 2.33. The molecule has 0 saturated heterocycles. The van der Waals surface area contributed by atoms with E-state index < -0.39 is 10.0 Å². The van der Waals surface area contributed by atoms with Crippen molar-refractivity contribution in [1.29, 1.82) is 0 Å². The summed E-state index contributed by atoms with van der Waals surface area (Å²) in [5.74, 6) is 0. The Kier molecular flexibility index (Phi) is 6.13. The van der Waals surface area contributed by atoms with Crippen molar-refractivity contribution in [2.45, 2.75) is 23.1 Å². The molecule has 108 valence electrons. The zero-order chi connectivity index (χ0) is 14.6. The Morgan fingerprint density at radius 2 is 2.16 bits per heavy atom. The number of hydrogen-bond acceptors (Lipinski definition) is 5. The average molecular weight is 369 g/mol. The fourth-order valence-corrected chi connectivity index (χ4v) is 4.05. The van der Waals surface area contributed by atoms with Gasteiger partial charge in [0, 0.05) is 21.5 Å². The Balaban J connectivity index is 2.95. The molecular formula is C11H17BrN2O3S2. The lowest BCUT2D eigenvalue weighted by Crippen LogP contribution is -2.41. The fourth-order valence-electron chi connectivity index (χ4n) is 1.50. The molecule has 1 aromatic carbocycles. The van der Waals surface area contributed by atoms with E-state index in [4.69, 9.17) is 10.8 Å². The predicted molar refractivity (Wildman–Crippen MR) is 82.7 cm³/mol. The Labute approximate surface area is 126 Å². The van der Waals surface area contributed by atoms with Gasteiger partial charge in [-0.15, -0.1) is 0 Å². The molecule has 8 heteroatoms. The van der Waals surface area contributed by atoms with E-state index in [-0.39, 0.29) is 22.8 Å². The highest BCUT2D eigenvalue weighted by Gasteiger charge is 2.23. The van der Waals surface area contributed by atoms with E-state index in [2.05, 4.69) is 20.7 Å². The summed E-state index contributed by atoms with van der Waals surface area (Å²) in [5, 5.41) is 8.98. The molecule has 0 heterocycles. The third kappa shape index (κ3) is 4.35. The SMILES string of the molecule is CSC(CO)C(C)NS(=O)(=O)c1ccc(N)c(Br)c1. The summed E-state index contributed by atoms with van der Waals surface area (Å²) in [7, 11) is -3.62. The van der Waals surface area contributed by atoms with Crippen LogP contribution in [0.3, 0.4) is 0 Å². The number of thioether (sulfide) groups is 1. The maximum Gasteiger partial charge on any atom is 0.240 e. The van der Waals surface area contributed by atoms with Crippen molar-refractivity contribution >= 4 is 43.4 Å².